The van der Waals surface area contributed by atoms with Crippen molar-refractivity contribution in [3.05, 3.63) is 45.4 Å². The quantitative estimate of drug-likeness (QED) is 0.716. The number of ether oxygens (including phenoxy) is 4. The molecule has 22 heavy (non-hydrogen) atoms. The number of hydrogen-bond donors (Lipinski definition) is 0. The number of benzene rings is 1. The van der Waals surface area contributed by atoms with Gasteiger partial charge >= 0.3 is 0 Å². The van der Waals surface area contributed by atoms with Crippen molar-refractivity contribution < 1.29 is 18.9 Å². The zero-order valence-electron chi connectivity index (χ0n) is 12.4. The molecular weight excluding hydrogens is 416 g/mol. The minimum absolute atomic E-state index is 0.225. The van der Waals surface area contributed by atoms with Crippen LogP contribution in [0.5, 0.6) is 0 Å². The summed E-state index contributed by atoms with van der Waals surface area (Å²) in [5.41, 5.74) is 1.12. The highest BCUT2D eigenvalue weighted by Crippen LogP contribution is 2.40. The van der Waals surface area contributed by atoms with E-state index in [1.165, 1.54) is 0 Å². The number of rotatable bonds is 4. The highest BCUT2D eigenvalue weighted by Gasteiger charge is 2.54. The van der Waals surface area contributed by atoms with Crippen LogP contribution in [0.25, 0.3) is 0 Å². The molecule has 2 aliphatic heterocycles. The maximum Gasteiger partial charge on any atom is 0.190 e. The summed E-state index contributed by atoms with van der Waals surface area (Å²) in [7, 11) is 0. The summed E-state index contributed by atoms with van der Waals surface area (Å²) in [4.78, 5) is 0. The van der Waals surface area contributed by atoms with Gasteiger partial charge in [-0.3, -0.25) is 0 Å². The Bertz CT molecular complexity index is 542. The third-order valence-electron chi connectivity index (χ3n) is 3.60. The van der Waals surface area contributed by atoms with Gasteiger partial charge in [0.1, 0.15) is 18.3 Å². The summed E-state index contributed by atoms with van der Waals surface area (Å²) in [6.45, 7) is 4.27. The van der Waals surface area contributed by atoms with Gasteiger partial charge in [0.05, 0.1) is 10.00 Å². The van der Waals surface area contributed by atoms with Gasteiger partial charge < -0.3 is 18.9 Å². The molecule has 0 spiro atoms. The second kappa shape index (κ2) is 6.71. The first kappa shape index (κ1) is 16.6. The summed E-state index contributed by atoms with van der Waals surface area (Å²) in [5.74, 6) is -0.649. The number of hydrogen-bond acceptors (Lipinski definition) is 4. The van der Waals surface area contributed by atoms with Gasteiger partial charge in [0.2, 0.25) is 0 Å². The van der Waals surface area contributed by atoms with E-state index in [0.717, 1.165) is 8.96 Å². The SMILES string of the molecule is CC1(C)O[C@H]2O[C@H](C=C(Br)Br)[C@H](OCc3ccccc3)[C@H]2O1. The van der Waals surface area contributed by atoms with Crippen molar-refractivity contribution in [2.45, 2.75) is 50.8 Å². The molecular formula is C16H18Br2O4. The van der Waals surface area contributed by atoms with Gasteiger partial charge in [-0.05, 0) is 57.3 Å². The Labute approximate surface area is 147 Å². The molecule has 0 aromatic heterocycles. The Balaban J connectivity index is 1.73. The van der Waals surface area contributed by atoms with Crippen molar-refractivity contribution in [1.29, 1.82) is 0 Å². The van der Waals surface area contributed by atoms with Gasteiger partial charge in [-0.1, -0.05) is 30.3 Å². The third kappa shape index (κ3) is 3.80. The molecule has 4 nitrogen and oxygen atoms in total. The molecule has 4 atom stereocenters. The number of fused-ring (bicyclic) bond motifs is 1. The summed E-state index contributed by atoms with van der Waals surface area (Å²) < 4.78 is 24.6. The fraction of sp³-hybridized carbons (Fsp3) is 0.500. The van der Waals surface area contributed by atoms with Crippen LogP contribution in [-0.2, 0) is 25.6 Å². The van der Waals surface area contributed by atoms with E-state index in [-0.39, 0.29) is 18.3 Å². The lowest BCUT2D eigenvalue weighted by atomic mass is 10.1. The Hall–Kier alpha value is -0.240. The van der Waals surface area contributed by atoms with E-state index >= 15 is 0 Å². The Kier molecular flexibility index (Phi) is 5.07. The molecule has 3 rings (SSSR count). The van der Waals surface area contributed by atoms with E-state index < -0.39 is 12.1 Å². The summed E-state index contributed by atoms with van der Waals surface area (Å²) >= 11 is 6.74. The second-order valence-corrected chi connectivity index (χ2v) is 8.56. The molecule has 120 valence electrons. The van der Waals surface area contributed by atoms with E-state index in [1.54, 1.807) is 0 Å². The monoisotopic (exact) mass is 432 g/mol. The fourth-order valence-electron chi connectivity index (χ4n) is 2.72. The molecule has 0 unspecified atom stereocenters. The largest absolute Gasteiger partial charge is 0.368 e. The maximum absolute atomic E-state index is 6.09. The zero-order valence-corrected chi connectivity index (χ0v) is 15.5. The van der Waals surface area contributed by atoms with Gasteiger partial charge in [-0.25, -0.2) is 0 Å². The molecule has 2 heterocycles. The van der Waals surface area contributed by atoms with E-state index in [2.05, 4.69) is 31.9 Å². The van der Waals surface area contributed by atoms with E-state index in [0.29, 0.717) is 6.61 Å². The first-order valence-electron chi connectivity index (χ1n) is 7.14. The van der Waals surface area contributed by atoms with Gasteiger partial charge in [0, 0.05) is 0 Å². The topological polar surface area (TPSA) is 36.9 Å². The van der Waals surface area contributed by atoms with E-state index in [1.807, 2.05) is 50.3 Å². The molecule has 0 aliphatic carbocycles. The maximum atomic E-state index is 6.09. The normalized spacial score (nSPS) is 32.7. The van der Waals surface area contributed by atoms with Crippen molar-refractivity contribution in [3.63, 3.8) is 0 Å². The minimum atomic E-state index is -0.649. The molecule has 0 radical (unpaired) electrons. The van der Waals surface area contributed by atoms with Crippen molar-refractivity contribution >= 4 is 31.9 Å². The standard InChI is InChI=1S/C16H18Br2O4/c1-16(2)21-14-13(19-9-10-6-4-3-5-7-10)11(8-12(17)18)20-15(14)22-16/h3-8,11,13-15H,9H2,1-2H3/t11-,13+,14-,15-/m1/s1. The Morgan fingerprint density at radius 3 is 2.64 bits per heavy atom. The molecule has 1 aromatic rings. The Morgan fingerprint density at radius 1 is 1.23 bits per heavy atom. The third-order valence-corrected chi connectivity index (χ3v) is 4.13. The second-order valence-electron chi connectivity index (χ2n) is 5.79. The van der Waals surface area contributed by atoms with Gasteiger partial charge in [-0.2, -0.15) is 0 Å². The van der Waals surface area contributed by atoms with Crippen LogP contribution in [0.1, 0.15) is 19.4 Å². The summed E-state index contributed by atoms with van der Waals surface area (Å²) in [6.07, 6.45) is 0.810. The van der Waals surface area contributed by atoms with Crippen LogP contribution in [0.15, 0.2) is 39.8 Å². The fourth-order valence-corrected chi connectivity index (χ4v) is 3.24. The van der Waals surface area contributed by atoms with Crippen LogP contribution >= 0.6 is 31.9 Å². The first-order valence-corrected chi connectivity index (χ1v) is 8.73. The molecule has 0 N–H and O–H groups in total. The van der Waals surface area contributed by atoms with Gasteiger partial charge in [0.15, 0.2) is 12.1 Å². The smallest absolute Gasteiger partial charge is 0.190 e. The highest BCUT2D eigenvalue weighted by molar-refractivity contribution is 9.28. The van der Waals surface area contributed by atoms with Crippen LogP contribution in [0.2, 0.25) is 0 Å². The van der Waals surface area contributed by atoms with Crippen LogP contribution < -0.4 is 0 Å². The zero-order chi connectivity index (χ0) is 15.7. The molecule has 2 saturated heterocycles. The molecule has 2 aliphatic rings. The summed E-state index contributed by atoms with van der Waals surface area (Å²) in [5, 5.41) is 0. The van der Waals surface area contributed by atoms with Crippen LogP contribution in [0, 0.1) is 0 Å². The predicted octanol–water partition coefficient (Wildman–Crippen LogP) is 4.08. The van der Waals surface area contributed by atoms with Crippen molar-refractivity contribution in [2.24, 2.45) is 0 Å². The minimum Gasteiger partial charge on any atom is -0.368 e. The first-order chi connectivity index (χ1) is 10.4. The Morgan fingerprint density at radius 2 is 1.95 bits per heavy atom. The lowest BCUT2D eigenvalue weighted by Crippen LogP contribution is -2.36. The molecule has 0 amide bonds. The molecule has 1 aromatic carbocycles. The van der Waals surface area contributed by atoms with E-state index in [4.69, 9.17) is 18.9 Å². The van der Waals surface area contributed by atoms with Crippen molar-refractivity contribution in [3.8, 4) is 0 Å². The number of halogens is 2. The highest BCUT2D eigenvalue weighted by atomic mass is 79.9. The lowest BCUT2D eigenvalue weighted by molar-refractivity contribution is -0.213. The van der Waals surface area contributed by atoms with Gasteiger partial charge in [-0.15, -0.1) is 0 Å². The molecule has 6 heteroatoms. The van der Waals surface area contributed by atoms with Crippen LogP contribution in [-0.4, -0.2) is 30.4 Å². The van der Waals surface area contributed by atoms with Crippen molar-refractivity contribution in [1.82, 2.24) is 0 Å². The lowest BCUT2D eigenvalue weighted by Gasteiger charge is -2.24. The average molecular weight is 434 g/mol. The van der Waals surface area contributed by atoms with Crippen molar-refractivity contribution in [2.75, 3.05) is 0 Å². The van der Waals surface area contributed by atoms with E-state index in [9.17, 15) is 0 Å². The van der Waals surface area contributed by atoms with Crippen LogP contribution in [0.3, 0.4) is 0 Å². The van der Waals surface area contributed by atoms with Crippen LogP contribution in [0.4, 0.5) is 0 Å². The average Bonchev–Trinajstić information content (AvgIpc) is 2.88. The molecule has 0 bridgehead atoms. The van der Waals surface area contributed by atoms with Gasteiger partial charge in [0.25, 0.3) is 0 Å². The molecule has 0 saturated carbocycles. The summed E-state index contributed by atoms with van der Waals surface area (Å²) in [6, 6.07) is 10.1. The molecule has 2 fully saturated rings. The predicted molar refractivity (Wildman–Crippen MR) is 89.7 cm³/mol.